The molecule has 0 amide bonds. The molecule has 0 heterocycles. The summed E-state index contributed by atoms with van der Waals surface area (Å²) in [5, 5.41) is 18.5. The van der Waals surface area contributed by atoms with E-state index in [0.717, 1.165) is 0 Å². The van der Waals surface area contributed by atoms with Crippen LogP contribution in [0.25, 0.3) is 0 Å². The Morgan fingerprint density at radius 2 is 1.20 bits per heavy atom. The molecule has 0 fully saturated rings. The maximum absolute atomic E-state index is 9.27. The Morgan fingerprint density at radius 3 is 1.50 bits per heavy atom. The Morgan fingerprint density at radius 1 is 0.900 bits per heavy atom. The van der Waals surface area contributed by atoms with E-state index < -0.39 is 0 Å². The standard InChI is InChI=1S/C8H14O2/c1-5-6(2)8(10)4-3-7(5)9/h3-10H,1-2H3. The van der Waals surface area contributed by atoms with Gasteiger partial charge in [0, 0.05) is 0 Å². The predicted molar refractivity (Wildman–Crippen MR) is 39.5 cm³/mol. The van der Waals surface area contributed by atoms with Crippen LogP contribution in [0.1, 0.15) is 13.8 Å². The van der Waals surface area contributed by atoms with Gasteiger partial charge in [0.15, 0.2) is 0 Å². The molecule has 2 nitrogen and oxygen atoms in total. The van der Waals surface area contributed by atoms with Crippen molar-refractivity contribution >= 4 is 0 Å². The third-order valence-corrected chi connectivity index (χ3v) is 2.41. The minimum Gasteiger partial charge on any atom is -0.389 e. The van der Waals surface area contributed by atoms with E-state index in [9.17, 15) is 10.2 Å². The van der Waals surface area contributed by atoms with Crippen LogP contribution in [0.15, 0.2) is 12.2 Å². The van der Waals surface area contributed by atoms with Crippen molar-refractivity contribution in [1.29, 1.82) is 0 Å². The minimum absolute atomic E-state index is 0.167. The molecule has 1 rings (SSSR count). The molecule has 0 aliphatic heterocycles. The lowest BCUT2D eigenvalue weighted by molar-refractivity contribution is 0.0510. The van der Waals surface area contributed by atoms with Gasteiger partial charge in [0.2, 0.25) is 0 Å². The fourth-order valence-electron chi connectivity index (χ4n) is 1.20. The fourth-order valence-corrected chi connectivity index (χ4v) is 1.20. The first kappa shape index (κ1) is 7.76. The van der Waals surface area contributed by atoms with E-state index in [1.807, 2.05) is 13.8 Å². The largest absolute Gasteiger partial charge is 0.389 e. The minimum atomic E-state index is -0.376. The van der Waals surface area contributed by atoms with Gasteiger partial charge in [-0.25, -0.2) is 0 Å². The number of aliphatic hydroxyl groups excluding tert-OH is 2. The first-order valence-corrected chi connectivity index (χ1v) is 3.67. The molecule has 1 aliphatic carbocycles. The van der Waals surface area contributed by atoms with Crippen molar-refractivity contribution in [1.82, 2.24) is 0 Å². The highest BCUT2D eigenvalue weighted by atomic mass is 16.3. The van der Waals surface area contributed by atoms with Crippen LogP contribution in [-0.4, -0.2) is 22.4 Å². The van der Waals surface area contributed by atoms with Crippen LogP contribution >= 0.6 is 0 Å². The van der Waals surface area contributed by atoms with Gasteiger partial charge in [0.05, 0.1) is 12.2 Å². The van der Waals surface area contributed by atoms with E-state index in [4.69, 9.17) is 0 Å². The summed E-state index contributed by atoms with van der Waals surface area (Å²) in [6, 6.07) is 0. The molecule has 1 aliphatic rings. The summed E-state index contributed by atoms with van der Waals surface area (Å²) in [6.45, 7) is 3.89. The maximum Gasteiger partial charge on any atom is 0.0750 e. The quantitative estimate of drug-likeness (QED) is 0.485. The molecule has 0 saturated carbocycles. The van der Waals surface area contributed by atoms with Gasteiger partial charge in [-0.2, -0.15) is 0 Å². The monoisotopic (exact) mass is 142 g/mol. The summed E-state index contributed by atoms with van der Waals surface area (Å²) >= 11 is 0. The lowest BCUT2D eigenvalue weighted by Crippen LogP contribution is -2.33. The van der Waals surface area contributed by atoms with Gasteiger partial charge >= 0.3 is 0 Å². The Labute approximate surface area is 61.2 Å². The molecule has 10 heavy (non-hydrogen) atoms. The fraction of sp³-hybridized carbons (Fsp3) is 0.750. The summed E-state index contributed by atoms with van der Waals surface area (Å²) in [5.74, 6) is 0.333. The third-order valence-electron chi connectivity index (χ3n) is 2.41. The molecule has 58 valence electrons. The van der Waals surface area contributed by atoms with Gasteiger partial charge in [-0.1, -0.05) is 26.0 Å². The number of hydrogen-bond donors (Lipinski definition) is 2. The Kier molecular flexibility index (Phi) is 2.11. The lowest BCUT2D eigenvalue weighted by atomic mass is 9.82. The highest BCUT2D eigenvalue weighted by Gasteiger charge is 2.27. The molecule has 0 aromatic rings. The van der Waals surface area contributed by atoms with Gasteiger partial charge in [0.1, 0.15) is 0 Å². The van der Waals surface area contributed by atoms with Crippen LogP contribution in [0.5, 0.6) is 0 Å². The molecule has 2 N–H and O–H groups in total. The summed E-state index contributed by atoms with van der Waals surface area (Å²) in [5.41, 5.74) is 0. The van der Waals surface area contributed by atoms with Crippen molar-refractivity contribution in [3.63, 3.8) is 0 Å². The summed E-state index contributed by atoms with van der Waals surface area (Å²) < 4.78 is 0. The Bertz CT molecular complexity index is 126. The van der Waals surface area contributed by atoms with Crippen molar-refractivity contribution in [2.24, 2.45) is 11.8 Å². The lowest BCUT2D eigenvalue weighted by Gasteiger charge is -2.29. The van der Waals surface area contributed by atoms with Crippen molar-refractivity contribution in [2.75, 3.05) is 0 Å². The van der Waals surface area contributed by atoms with Crippen LogP contribution in [0.3, 0.4) is 0 Å². The van der Waals surface area contributed by atoms with Crippen molar-refractivity contribution in [3.05, 3.63) is 12.2 Å². The number of aliphatic hydroxyl groups is 2. The molecular weight excluding hydrogens is 128 g/mol. The number of hydrogen-bond acceptors (Lipinski definition) is 2. The molecule has 0 saturated heterocycles. The van der Waals surface area contributed by atoms with Crippen LogP contribution in [0.4, 0.5) is 0 Å². The second kappa shape index (κ2) is 2.72. The van der Waals surface area contributed by atoms with E-state index in [1.54, 1.807) is 12.2 Å². The molecule has 4 unspecified atom stereocenters. The normalized spacial score (nSPS) is 47.6. The van der Waals surface area contributed by atoms with E-state index in [0.29, 0.717) is 0 Å². The number of rotatable bonds is 0. The zero-order valence-corrected chi connectivity index (χ0v) is 6.36. The first-order valence-electron chi connectivity index (χ1n) is 3.67. The smallest absolute Gasteiger partial charge is 0.0750 e. The Hall–Kier alpha value is -0.340. The van der Waals surface area contributed by atoms with Gasteiger partial charge in [-0.15, -0.1) is 0 Å². The molecule has 0 aromatic heterocycles. The Balaban J connectivity index is 2.69. The molecular formula is C8H14O2. The summed E-state index contributed by atoms with van der Waals surface area (Å²) in [4.78, 5) is 0. The second-order valence-electron chi connectivity index (χ2n) is 3.08. The van der Waals surface area contributed by atoms with Crippen LogP contribution in [-0.2, 0) is 0 Å². The van der Waals surface area contributed by atoms with Crippen LogP contribution in [0.2, 0.25) is 0 Å². The van der Waals surface area contributed by atoms with E-state index in [1.165, 1.54) is 0 Å². The van der Waals surface area contributed by atoms with Crippen LogP contribution in [0, 0.1) is 11.8 Å². The zero-order valence-electron chi connectivity index (χ0n) is 6.36. The predicted octanol–water partition coefficient (Wildman–Crippen LogP) is 0.550. The zero-order chi connectivity index (χ0) is 7.72. The second-order valence-corrected chi connectivity index (χ2v) is 3.08. The molecule has 0 radical (unpaired) electrons. The molecule has 0 bridgehead atoms. The van der Waals surface area contributed by atoms with Crippen LogP contribution < -0.4 is 0 Å². The highest BCUT2D eigenvalue weighted by molar-refractivity contribution is 5.04. The maximum atomic E-state index is 9.27. The van der Waals surface area contributed by atoms with E-state index >= 15 is 0 Å². The van der Waals surface area contributed by atoms with Gasteiger partial charge < -0.3 is 10.2 Å². The van der Waals surface area contributed by atoms with Crippen molar-refractivity contribution < 1.29 is 10.2 Å². The SMILES string of the molecule is CC1C(O)C=CC(O)C1C. The highest BCUT2D eigenvalue weighted by Crippen LogP contribution is 2.24. The summed E-state index contributed by atoms with van der Waals surface area (Å²) in [7, 11) is 0. The van der Waals surface area contributed by atoms with E-state index in [-0.39, 0.29) is 24.0 Å². The van der Waals surface area contributed by atoms with Crippen molar-refractivity contribution in [2.45, 2.75) is 26.1 Å². The average molecular weight is 142 g/mol. The van der Waals surface area contributed by atoms with Gasteiger partial charge in [0.25, 0.3) is 0 Å². The topological polar surface area (TPSA) is 40.5 Å². The van der Waals surface area contributed by atoms with E-state index in [2.05, 4.69) is 0 Å². The molecule has 0 spiro atoms. The summed E-state index contributed by atoms with van der Waals surface area (Å²) in [6.07, 6.45) is 2.57. The average Bonchev–Trinajstić information content (AvgIpc) is 1.93. The van der Waals surface area contributed by atoms with Gasteiger partial charge in [-0.3, -0.25) is 0 Å². The van der Waals surface area contributed by atoms with Gasteiger partial charge in [-0.05, 0) is 11.8 Å². The molecule has 0 aromatic carbocycles. The van der Waals surface area contributed by atoms with Crippen molar-refractivity contribution in [3.8, 4) is 0 Å². The third kappa shape index (κ3) is 1.22. The molecule has 4 atom stereocenters. The molecule has 2 heteroatoms. The first-order chi connectivity index (χ1) is 4.63.